The van der Waals surface area contributed by atoms with Crippen molar-refractivity contribution in [1.82, 2.24) is 10.6 Å². The number of ketones is 2. The Morgan fingerprint density at radius 3 is 0.981 bits per heavy atom. The zero-order valence-corrected chi connectivity index (χ0v) is 35.5. The predicted molar refractivity (Wildman–Crippen MR) is 229 cm³/mol. The highest BCUT2D eigenvalue weighted by atomic mass is 16.2. The van der Waals surface area contributed by atoms with Crippen molar-refractivity contribution in [2.75, 3.05) is 39.3 Å². The van der Waals surface area contributed by atoms with Crippen LogP contribution in [0.1, 0.15) is 239 Å². The van der Waals surface area contributed by atoms with Gasteiger partial charge in [-0.1, -0.05) is 194 Å². The molecule has 0 aromatic rings. The molecule has 0 saturated carbocycles. The molecule has 0 heterocycles. The molecule has 0 aliphatic carbocycles. The molecule has 0 aliphatic heterocycles. The van der Waals surface area contributed by atoms with Crippen LogP contribution in [0.2, 0.25) is 0 Å². The van der Waals surface area contributed by atoms with Crippen LogP contribution < -0.4 is 22.1 Å². The number of carbonyl (C=O) groups excluding carboxylic acids is 2. The summed E-state index contributed by atoms with van der Waals surface area (Å²) < 4.78 is 0. The first-order valence-corrected chi connectivity index (χ1v) is 23.5. The Bertz CT molecular complexity index is 700. The van der Waals surface area contributed by atoms with E-state index in [0.717, 1.165) is 71.1 Å². The summed E-state index contributed by atoms with van der Waals surface area (Å²) in [6.45, 7) is 8.53. The van der Waals surface area contributed by atoms with Gasteiger partial charge in [-0.25, -0.2) is 0 Å². The van der Waals surface area contributed by atoms with E-state index in [4.69, 9.17) is 11.5 Å². The van der Waals surface area contributed by atoms with Gasteiger partial charge in [0.1, 0.15) is 17.0 Å². The van der Waals surface area contributed by atoms with Crippen LogP contribution in [0.4, 0.5) is 0 Å². The van der Waals surface area contributed by atoms with E-state index < -0.39 is 5.41 Å². The average molecular weight is 735 g/mol. The maximum atomic E-state index is 13.7. The van der Waals surface area contributed by atoms with E-state index in [1.165, 1.54) is 167 Å². The molecule has 6 heteroatoms. The van der Waals surface area contributed by atoms with Gasteiger partial charge in [-0.2, -0.15) is 0 Å². The number of hydrogen-bond acceptors (Lipinski definition) is 6. The van der Waals surface area contributed by atoms with Crippen molar-refractivity contribution in [2.24, 2.45) is 16.9 Å². The summed E-state index contributed by atoms with van der Waals surface area (Å²) in [4.78, 5) is 27.5. The number of nitrogens with two attached hydrogens (primary N) is 2. The summed E-state index contributed by atoms with van der Waals surface area (Å²) in [7, 11) is 0. The van der Waals surface area contributed by atoms with Crippen LogP contribution in [0.3, 0.4) is 0 Å². The number of nitrogens with one attached hydrogen (secondary N) is 2. The first-order chi connectivity index (χ1) is 25.6. The average Bonchev–Trinajstić information content (AvgIpc) is 3.15. The minimum atomic E-state index is -1.06. The molecule has 0 spiro atoms. The lowest BCUT2D eigenvalue weighted by atomic mass is 9.75. The van der Waals surface area contributed by atoms with E-state index in [-0.39, 0.29) is 18.1 Å². The molecule has 0 aromatic carbocycles. The summed E-state index contributed by atoms with van der Waals surface area (Å²) in [6.07, 6.45) is 43.2. The first kappa shape index (κ1) is 51.2. The molecule has 0 bridgehead atoms. The number of unbranched alkanes of at least 4 members (excludes halogenated alkanes) is 29. The molecule has 0 radical (unpaired) electrons. The number of carbonyl (C=O) groups is 2. The second-order valence-corrected chi connectivity index (χ2v) is 16.3. The van der Waals surface area contributed by atoms with Gasteiger partial charge in [0.05, 0.1) is 0 Å². The Hall–Kier alpha value is -0.820. The van der Waals surface area contributed by atoms with Gasteiger partial charge in [-0.15, -0.1) is 0 Å². The summed E-state index contributed by atoms with van der Waals surface area (Å²) in [5.41, 5.74) is 10.8. The molecule has 0 aromatic heterocycles. The van der Waals surface area contributed by atoms with Crippen molar-refractivity contribution in [1.29, 1.82) is 0 Å². The van der Waals surface area contributed by atoms with Gasteiger partial charge >= 0.3 is 0 Å². The molecule has 310 valence electrons. The third kappa shape index (κ3) is 31.5. The smallest absolute Gasteiger partial charge is 0.148 e. The molecule has 0 rings (SSSR count). The zero-order chi connectivity index (χ0) is 38.1. The summed E-state index contributed by atoms with van der Waals surface area (Å²) >= 11 is 0. The Balaban J connectivity index is 4.41. The summed E-state index contributed by atoms with van der Waals surface area (Å²) in [5.74, 6) is 0.151. The standard InChI is InChI=1S/C46H94N4O2/c1-3-5-7-9-11-13-15-17-19-21-23-25-27-29-31-36-44(51)46(42-48,43-50-40-34-33-39-49-41-35-38-47)45(52)37-32-30-28-26-24-22-20-18-16-14-12-10-8-6-4-2/h49-50H,3-43,47-48H2,1-2H3. The SMILES string of the molecule is CCCCCCCCCCCCCCCCCC(=O)C(CN)(CNCCCCNCCCN)C(=O)CCCCCCCCCCCCCCCCC. The quantitative estimate of drug-likeness (QED) is 0.0366. The molecule has 52 heavy (non-hydrogen) atoms. The van der Waals surface area contributed by atoms with Crippen molar-refractivity contribution in [3.8, 4) is 0 Å². The van der Waals surface area contributed by atoms with Crippen molar-refractivity contribution < 1.29 is 9.59 Å². The lowest BCUT2D eigenvalue weighted by Crippen LogP contribution is -2.52. The van der Waals surface area contributed by atoms with E-state index in [2.05, 4.69) is 24.5 Å². The molecule has 0 aliphatic rings. The monoisotopic (exact) mass is 735 g/mol. The fourth-order valence-corrected chi connectivity index (χ4v) is 7.60. The molecule has 0 saturated heterocycles. The second-order valence-electron chi connectivity index (χ2n) is 16.3. The molecule has 0 atom stereocenters. The Kier molecular flexibility index (Phi) is 40.7. The van der Waals surface area contributed by atoms with Crippen LogP contribution in [0.25, 0.3) is 0 Å². The number of Topliss-reactive ketones (excluding diaryl/α,β-unsaturated/α-hetero) is 2. The lowest BCUT2D eigenvalue weighted by molar-refractivity contribution is -0.140. The summed E-state index contributed by atoms with van der Waals surface area (Å²) in [6, 6.07) is 0. The maximum Gasteiger partial charge on any atom is 0.148 e. The van der Waals surface area contributed by atoms with Gasteiger partial charge < -0.3 is 22.1 Å². The third-order valence-corrected chi connectivity index (χ3v) is 11.4. The van der Waals surface area contributed by atoms with Gasteiger partial charge in [0.25, 0.3) is 0 Å². The molecule has 6 N–H and O–H groups in total. The topological polar surface area (TPSA) is 110 Å². The van der Waals surface area contributed by atoms with Crippen LogP contribution in [-0.2, 0) is 9.59 Å². The minimum Gasteiger partial charge on any atom is -0.330 e. The highest BCUT2D eigenvalue weighted by molar-refractivity contribution is 6.07. The molecular weight excluding hydrogens is 641 g/mol. The van der Waals surface area contributed by atoms with Crippen molar-refractivity contribution in [2.45, 2.75) is 239 Å². The van der Waals surface area contributed by atoms with Gasteiger partial charge in [-0.3, -0.25) is 9.59 Å². The lowest BCUT2D eigenvalue weighted by Gasteiger charge is -2.30. The van der Waals surface area contributed by atoms with Crippen molar-refractivity contribution in [3.05, 3.63) is 0 Å². The van der Waals surface area contributed by atoms with Gasteiger partial charge in [0.2, 0.25) is 0 Å². The maximum absolute atomic E-state index is 13.7. The summed E-state index contributed by atoms with van der Waals surface area (Å²) in [5, 5.41) is 6.91. The predicted octanol–water partition coefficient (Wildman–Crippen LogP) is 11.9. The minimum absolute atomic E-state index is 0.0756. The Morgan fingerprint density at radius 2 is 0.673 bits per heavy atom. The Morgan fingerprint density at radius 1 is 0.385 bits per heavy atom. The van der Waals surface area contributed by atoms with Gasteiger partial charge in [-0.05, 0) is 58.3 Å². The largest absolute Gasteiger partial charge is 0.330 e. The van der Waals surface area contributed by atoms with Crippen LogP contribution in [0, 0.1) is 5.41 Å². The number of hydrogen-bond donors (Lipinski definition) is 4. The Labute approximate surface area is 325 Å². The van der Waals surface area contributed by atoms with Gasteiger partial charge in [0.15, 0.2) is 0 Å². The highest BCUT2D eigenvalue weighted by Gasteiger charge is 2.42. The van der Waals surface area contributed by atoms with Crippen molar-refractivity contribution in [3.63, 3.8) is 0 Å². The molecule has 0 amide bonds. The van der Waals surface area contributed by atoms with E-state index in [1.54, 1.807) is 0 Å². The van der Waals surface area contributed by atoms with Crippen LogP contribution in [0.15, 0.2) is 0 Å². The van der Waals surface area contributed by atoms with Crippen molar-refractivity contribution >= 4 is 11.6 Å². The molecular formula is C46H94N4O2. The van der Waals surface area contributed by atoms with E-state index in [0.29, 0.717) is 19.4 Å². The van der Waals surface area contributed by atoms with E-state index >= 15 is 0 Å². The normalized spacial score (nSPS) is 11.8. The van der Waals surface area contributed by atoms with E-state index in [9.17, 15) is 9.59 Å². The first-order valence-electron chi connectivity index (χ1n) is 23.5. The third-order valence-electron chi connectivity index (χ3n) is 11.4. The zero-order valence-electron chi connectivity index (χ0n) is 35.5. The second kappa shape index (κ2) is 41.3. The molecule has 6 nitrogen and oxygen atoms in total. The highest BCUT2D eigenvalue weighted by Crippen LogP contribution is 2.26. The van der Waals surface area contributed by atoms with Crippen LogP contribution in [-0.4, -0.2) is 50.8 Å². The van der Waals surface area contributed by atoms with E-state index in [1.807, 2.05) is 0 Å². The van der Waals surface area contributed by atoms with Gasteiger partial charge in [0, 0.05) is 25.9 Å². The fraction of sp³-hybridized carbons (Fsp3) is 0.957. The molecule has 0 unspecified atom stereocenters. The molecule has 0 fully saturated rings. The number of rotatable bonds is 45. The van der Waals surface area contributed by atoms with Crippen LogP contribution in [0.5, 0.6) is 0 Å². The van der Waals surface area contributed by atoms with Crippen LogP contribution >= 0.6 is 0 Å². The fourth-order valence-electron chi connectivity index (χ4n) is 7.60.